The summed E-state index contributed by atoms with van der Waals surface area (Å²) in [5.74, 6) is 0.232. The van der Waals surface area contributed by atoms with Crippen molar-refractivity contribution in [2.45, 2.75) is 20.4 Å². The molecule has 2 aromatic rings. The highest BCUT2D eigenvalue weighted by Gasteiger charge is 2.11. The highest BCUT2D eigenvalue weighted by Crippen LogP contribution is 2.20. The van der Waals surface area contributed by atoms with Gasteiger partial charge < -0.3 is 15.1 Å². The molecule has 0 atom stereocenters. The molecule has 1 aromatic heterocycles. The van der Waals surface area contributed by atoms with E-state index in [2.05, 4.69) is 10.3 Å². The molecular weight excluding hydrogens is 319 g/mol. The summed E-state index contributed by atoms with van der Waals surface area (Å²) in [6.07, 6.45) is 1.60. The molecule has 0 saturated heterocycles. The first kappa shape index (κ1) is 18.7. The zero-order valence-electron chi connectivity index (χ0n) is 15.2. The number of halogens is 1. The van der Waals surface area contributed by atoms with Gasteiger partial charge >= 0.3 is 0 Å². The quantitative estimate of drug-likeness (QED) is 0.839. The fourth-order valence-electron chi connectivity index (χ4n) is 2.57. The third-order valence-corrected chi connectivity index (χ3v) is 4.04. The van der Waals surface area contributed by atoms with Gasteiger partial charge in [0.25, 0.3) is 5.91 Å². The Balaban J connectivity index is 2.05. The molecule has 0 radical (unpaired) electrons. The van der Waals surface area contributed by atoms with Crippen molar-refractivity contribution in [2.75, 3.05) is 37.0 Å². The Morgan fingerprint density at radius 1 is 1.16 bits per heavy atom. The lowest BCUT2D eigenvalue weighted by Gasteiger charge is -2.22. The number of anilines is 2. The second kappa shape index (κ2) is 8.46. The van der Waals surface area contributed by atoms with Crippen molar-refractivity contribution >= 4 is 17.4 Å². The van der Waals surface area contributed by atoms with Gasteiger partial charge in [-0.3, -0.25) is 4.79 Å². The van der Waals surface area contributed by atoms with Crippen LogP contribution in [0.15, 0.2) is 36.5 Å². The lowest BCUT2D eigenvalue weighted by molar-refractivity contribution is 0.0951. The van der Waals surface area contributed by atoms with Crippen molar-refractivity contribution < 1.29 is 9.18 Å². The zero-order chi connectivity index (χ0) is 18.4. The largest absolute Gasteiger partial charge is 0.370 e. The number of amides is 1. The van der Waals surface area contributed by atoms with Gasteiger partial charge in [0.15, 0.2) is 0 Å². The third kappa shape index (κ3) is 4.68. The fraction of sp³-hybridized carbons (Fsp3) is 0.368. The number of benzene rings is 1. The molecule has 1 amide bonds. The van der Waals surface area contributed by atoms with Crippen LogP contribution >= 0.6 is 0 Å². The van der Waals surface area contributed by atoms with E-state index in [1.807, 2.05) is 43.8 Å². The molecule has 0 fully saturated rings. The normalized spacial score (nSPS) is 10.4. The van der Waals surface area contributed by atoms with Crippen molar-refractivity contribution in [3.05, 3.63) is 53.5 Å². The van der Waals surface area contributed by atoms with Crippen LogP contribution in [-0.4, -0.2) is 38.1 Å². The maximum absolute atomic E-state index is 14.3. The second-order valence-corrected chi connectivity index (χ2v) is 5.94. The van der Waals surface area contributed by atoms with Gasteiger partial charge in [-0.15, -0.1) is 0 Å². The maximum atomic E-state index is 14.3. The van der Waals surface area contributed by atoms with E-state index < -0.39 is 0 Å². The summed E-state index contributed by atoms with van der Waals surface area (Å²) < 4.78 is 14.3. The molecule has 1 N–H and O–H groups in total. The molecular formula is C19H25FN4O. The summed E-state index contributed by atoms with van der Waals surface area (Å²) >= 11 is 0. The summed E-state index contributed by atoms with van der Waals surface area (Å²) in [5.41, 5.74) is 1.84. The summed E-state index contributed by atoms with van der Waals surface area (Å²) in [4.78, 5) is 20.3. The molecule has 134 valence electrons. The number of rotatable bonds is 7. The number of nitrogens with zero attached hydrogens (tertiary/aromatic N) is 3. The Morgan fingerprint density at radius 2 is 1.88 bits per heavy atom. The van der Waals surface area contributed by atoms with E-state index in [-0.39, 0.29) is 18.3 Å². The summed E-state index contributed by atoms with van der Waals surface area (Å²) in [6, 6.07) is 8.47. The Kier molecular flexibility index (Phi) is 6.33. The number of carbonyl (C=O) groups excluding carboxylic acids is 1. The summed E-state index contributed by atoms with van der Waals surface area (Å²) in [6.45, 7) is 5.76. The molecule has 6 heteroatoms. The minimum Gasteiger partial charge on any atom is -0.370 e. The number of aromatic nitrogens is 1. The number of hydrogen-bond donors (Lipinski definition) is 1. The van der Waals surface area contributed by atoms with E-state index >= 15 is 0 Å². The van der Waals surface area contributed by atoms with Gasteiger partial charge in [-0.25, -0.2) is 9.37 Å². The molecule has 0 spiro atoms. The van der Waals surface area contributed by atoms with E-state index in [1.54, 1.807) is 24.4 Å². The minimum absolute atomic E-state index is 0.210. The fourth-order valence-corrected chi connectivity index (χ4v) is 2.57. The number of hydrogen-bond acceptors (Lipinski definition) is 4. The van der Waals surface area contributed by atoms with Crippen molar-refractivity contribution in [3.8, 4) is 0 Å². The Labute approximate surface area is 148 Å². The van der Waals surface area contributed by atoms with Crippen LogP contribution in [0.5, 0.6) is 0 Å². The van der Waals surface area contributed by atoms with Crippen LogP contribution < -0.4 is 15.1 Å². The first-order valence-corrected chi connectivity index (χ1v) is 8.41. The van der Waals surface area contributed by atoms with E-state index in [9.17, 15) is 9.18 Å². The Bertz CT molecular complexity index is 729. The van der Waals surface area contributed by atoms with E-state index in [1.165, 1.54) is 6.07 Å². The topological polar surface area (TPSA) is 48.5 Å². The Morgan fingerprint density at radius 3 is 2.48 bits per heavy atom. The molecule has 1 heterocycles. The zero-order valence-corrected chi connectivity index (χ0v) is 15.2. The van der Waals surface area contributed by atoms with Crippen LogP contribution in [-0.2, 0) is 6.54 Å². The van der Waals surface area contributed by atoms with Gasteiger partial charge in [0, 0.05) is 45.5 Å². The van der Waals surface area contributed by atoms with Crippen molar-refractivity contribution in [1.29, 1.82) is 0 Å². The lowest BCUT2D eigenvalue weighted by Crippen LogP contribution is -2.24. The van der Waals surface area contributed by atoms with Gasteiger partial charge in [0.05, 0.1) is 5.69 Å². The van der Waals surface area contributed by atoms with Crippen LogP contribution in [0.1, 0.15) is 29.8 Å². The predicted molar refractivity (Wildman–Crippen MR) is 99.7 cm³/mol. The van der Waals surface area contributed by atoms with Crippen LogP contribution in [0, 0.1) is 5.82 Å². The molecule has 25 heavy (non-hydrogen) atoms. The molecule has 0 aliphatic rings. The summed E-state index contributed by atoms with van der Waals surface area (Å²) in [7, 11) is 3.73. The number of pyridine rings is 1. The first-order chi connectivity index (χ1) is 12.0. The van der Waals surface area contributed by atoms with Gasteiger partial charge in [0.1, 0.15) is 11.6 Å². The average molecular weight is 344 g/mol. The van der Waals surface area contributed by atoms with Gasteiger partial charge in [-0.2, -0.15) is 0 Å². The van der Waals surface area contributed by atoms with Gasteiger partial charge in [0.2, 0.25) is 0 Å². The molecule has 0 saturated carbocycles. The molecule has 1 aromatic carbocycles. The molecule has 5 nitrogen and oxygen atoms in total. The van der Waals surface area contributed by atoms with Crippen LogP contribution in [0.2, 0.25) is 0 Å². The second-order valence-electron chi connectivity index (χ2n) is 5.94. The molecule has 2 rings (SSSR count). The highest BCUT2D eigenvalue weighted by atomic mass is 19.1. The monoisotopic (exact) mass is 344 g/mol. The molecule has 0 aliphatic heterocycles. The standard InChI is InChI=1S/C19H25FN4O/c1-5-24(6-2)17-8-7-14(11-16(17)20)13-22-19(25)15-9-10-21-18(12-15)23(3)4/h7-12H,5-6,13H2,1-4H3,(H,22,25). The molecule has 0 aliphatic carbocycles. The van der Waals surface area contributed by atoms with Gasteiger partial charge in [-0.05, 0) is 43.7 Å². The van der Waals surface area contributed by atoms with Crippen molar-refractivity contribution in [1.82, 2.24) is 10.3 Å². The Hall–Kier alpha value is -2.63. The van der Waals surface area contributed by atoms with Crippen LogP contribution in [0.25, 0.3) is 0 Å². The maximum Gasteiger partial charge on any atom is 0.251 e. The van der Waals surface area contributed by atoms with E-state index in [0.717, 1.165) is 18.7 Å². The molecule has 0 bridgehead atoms. The first-order valence-electron chi connectivity index (χ1n) is 8.41. The minimum atomic E-state index is -0.269. The van der Waals surface area contributed by atoms with Crippen molar-refractivity contribution in [2.24, 2.45) is 0 Å². The smallest absolute Gasteiger partial charge is 0.251 e. The predicted octanol–water partition coefficient (Wildman–Crippen LogP) is 3.06. The molecule has 0 unspecified atom stereocenters. The third-order valence-electron chi connectivity index (χ3n) is 4.04. The van der Waals surface area contributed by atoms with E-state index in [0.29, 0.717) is 17.1 Å². The lowest BCUT2D eigenvalue weighted by atomic mass is 10.1. The highest BCUT2D eigenvalue weighted by molar-refractivity contribution is 5.94. The van der Waals surface area contributed by atoms with E-state index in [4.69, 9.17) is 0 Å². The van der Waals surface area contributed by atoms with Crippen LogP contribution in [0.4, 0.5) is 15.9 Å². The SMILES string of the molecule is CCN(CC)c1ccc(CNC(=O)c2ccnc(N(C)C)c2)cc1F. The number of nitrogens with one attached hydrogen (secondary N) is 1. The number of carbonyl (C=O) groups is 1. The summed E-state index contributed by atoms with van der Waals surface area (Å²) in [5, 5.41) is 2.82. The van der Waals surface area contributed by atoms with Crippen molar-refractivity contribution in [3.63, 3.8) is 0 Å². The van der Waals surface area contributed by atoms with Gasteiger partial charge in [-0.1, -0.05) is 6.07 Å². The average Bonchev–Trinajstić information content (AvgIpc) is 2.62. The van der Waals surface area contributed by atoms with Crippen LogP contribution in [0.3, 0.4) is 0 Å².